The first-order valence-corrected chi connectivity index (χ1v) is 27.8. The van der Waals surface area contributed by atoms with Crippen molar-refractivity contribution >= 4 is 52.8 Å². The lowest BCUT2D eigenvalue weighted by Crippen LogP contribution is -2.55. The normalized spacial score (nSPS) is 19.5. The number of ether oxygens (including phenoxy) is 6. The first-order valence-electron chi connectivity index (χ1n) is 27.8. The van der Waals surface area contributed by atoms with E-state index in [2.05, 4.69) is 16.0 Å². The van der Waals surface area contributed by atoms with E-state index in [1.807, 2.05) is 59.7 Å². The van der Waals surface area contributed by atoms with Gasteiger partial charge in [0.1, 0.15) is 19.5 Å². The number of nitrogens with one attached hydrogen (secondary N) is 3. The van der Waals surface area contributed by atoms with Gasteiger partial charge in [-0.25, -0.2) is 9.59 Å². The predicted molar refractivity (Wildman–Crippen MR) is 300 cm³/mol. The number of anilines is 2. The number of likely N-dealkylation sites (N-methyl/N-ethyl adjacent to an activating group) is 2. The number of carbonyl (C=O) groups excluding carboxylic acids is 7. The fraction of sp³-hybridized carbons (Fsp3) is 0.644. The van der Waals surface area contributed by atoms with Crippen LogP contribution in [0.4, 0.5) is 21.0 Å². The van der Waals surface area contributed by atoms with E-state index in [-0.39, 0.29) is 86.4 Å². The monoisotopic (exact) mass is 1110 g/mol. The highest BCUT2D eigenvalue weighted by Crippen LogP contribution is 2.32. The maximum atomic E-state index is 14.8. The van der Waals surface area contributed by atoms with Gasteiger partial charge in [0.2, 0.25) is 17.7 Å². The fourth-order valence-corrected chi connectivity index (χ4v) is 10.5. The molecule has 2 aliphatic heterocycles. The third-order valence-electron chi connectivity index (χ3n) is 15.3. The summed E-state index contributed by atoms with van der Waals surface area (Å²) in [5.74, 6) is -3.43. The van der Waals surface area contributed by atoms with Crippen LogP contribution in [0.5, 0.6) is 0 Å². The van der Waals surface area contributed by atoms with Crippen LogP contribution in [0.2, 0.25) is 0 Å². The number of amides is 5. The lowest BCUT2D eigenvalue weighted by atomic mass is 9.83. The van der Waals surface area contributed by atoms with Crippen molar-refractivity contribution in [3.8, 4) is 0 Å². The number of likely N-dealkylation sites (tertiary alicyclic amines) is 1. The van der Waals surface area contributed by atoms with Crippen LogP contribution in [0.3, 0.4) is 0 Å². The number of nitrogens with zero attached hydrogens (tertiary/aromatic N) is 3. The van der Waals surface area contributed by atoms with Gasteiger partial charge in [-0.1, -0.05) is 104 Å². The number of benzene rings is 2. The van der Waals surface area contributed by atoms with Crippen LogP contribution < -0.4 is 16.0 Å². The molecule has 0 aromatic heterocycles. The van der Waals surface area contributed by atoms with E-state index < -0.39 is 72.6 Å². The smallest absolute Gasteiger partial charge is 0.412 e. The summed E-state index contributed by atoms with van der Waals surface area (Å²) in [6.45, 7) is 17.3. The molecule has 0 radical (unpaired) electrons. The molecule has 2 aromatic carbocycles. The Labute approximate surface area is 467 Å². The molecule has 11 atom stereocenters. The second-order valence-electron chi connectivity index (χ2n) is 21.6. The van der Waals surface area contributed by atoms with E-state index in [0.717, 1.165) is 0 Å². The second kappa shape index (κ2) is 32.4. The molecule has 20 nitrogen and oxygen atoms in total. The minimum Gasteiger partial charge on any atom is -0.445 e. The van der Waals surface area contributed by atoms with Crippen molar-refractivity contribution in [1.82, 2.24) is 20.0 Å². The average Bonchev–Trinajstić information content (AvgIpc) is 3.93. The van der Waals surface area contributed by atoms with Gasteiger partial charge in [-0.2, -0.15) is 0 Å². The summed E-state index contributed by atoms with van der Waals surface area (Å²) in [4.78, 5) is 101. The zero-order chi connectivity index (χ0) is 58.5. The molecule has 4 rings (SSSR count). The molecular weight excluding hydrogens is 1020 g/mol. The Kier molecular flexibility index (Phi) is 26.9. The highest BCUT2D eigenvalue weighted by Gasteiger charge is 2.44. The maximum Gasteiger partial charge on any atom is 0.412 e. The molecule has 2 aliphatic rings. The lowest BCUT2D eigenvalue weighted by molar-refractivity contribution is -0.149. The van der Waals surface area contributed by atoms with E-state index in [1.165, 1.54) is 26.2 Å². The summed E-state index contributed by atoms with van der Waals surface area (Å²) in [5, 5.41) is 19.7. The van der Waals surface area contributed by atoms with Crippen molar-refractivity contribution < 1.29 is 67.1 Å². The van der Waals surface area contributed by atoms with Gasteiger partial charge in [0, 0.05) is 53.6 Å². The Bertz CT molecular complexity index is 2330. The highest BCUT2D eigenvalue weighted by molar-refractivity contribution is 5.93. The molecule has 440 valence electrons. The molecule has 4 N–H and O–H groups in total. The summed E-state index contributed by atoms with van der Waals surface area (Å²) >= 11 is 0. The van der Waals surface area contributed by atoms with Crippen molar-refractivity contribution in [2.75, 3.05) is 72.0 Å². The standard InChI is InChI=1S/C59H90N6O14/c1-14-38(7)53(50(74-12)31-51(68)65-27-19-24-48(65)55(75-13)39(8)56(70)61-40(9)54(69)42-21-17-16-18-22-42)63(10)57(71)45(36(3)4)30-49(67)52(37(5)6)64(11)59(73)78-33-41-25-26-46(47(29-41)60-32-43(66)15-2)62-58(72)79-44-23-20-28-76-35-77-34-44/h16-18,20-23,25-26,29,36-40,44-45,48,50,52-55,60,69H,14-15,19,24,27-28,30-35H2,1-13H3,(H,61,70)(H,62,72)/b23-20+/t38-,39+,40+,44?,45-,48-,50+,52-,53-,54+,55+/m0/s1. The summed E-state index contributed by atoms with van der Waals surface area (Å²) in [6.07, 6.45) is 0.969. The predicted octanol–water partition coefficient (Wildman–Crippen LogP) is 7.54. The molecule has 1 saturated heterocycles. The Balaban J connectivity index is 1.44. The quantitative estimate of drug-likeness (QED) is 0.0576. The number of rotatable bonds is 29. The van der Waals surface area contributed by atoms with Crippen LogP contribution >= 0.6 is 0 Å². The van der Waals surface area contributed by atoms with Crippen LogP contribution in [-0.4, -0.2) is 165 Å². The Morgan fingerprint density at radius 2 is 1.57 bits per heavy atom. The summed E-state index contributed by atoms with van der Waals surface area (Å²) in [6, 6.07) is 11.5. The zero-order valence-electron chi connectivity index (χ0n) is 48.9. The van der Waals surface area contributed by atoms with Crippen LogP contribution in [-0.2, 0) is 59.0 Å². The number of Topliss-reactive ketones (excluding diaryl/α,β-unsaturated/α-hetero) is 2. The molecule has 1 fully saturated rings. The van der Waals surface area contributed by atoms with Gasteiger partial charge < -0.3 is 58.9 Å². The van der Waals surface area contributed by atoms with Crippen molar-refractivity contribution in [3.63, 3.8) is 0 Å². The van der Waals surface area contributed by atoms with E-state index in [4.69, 9.17) is 28.4 Å². The van der Waals surface area contributed by atoms with Crippen molar-refractivity contribution in [2.24, 2.45) is 29.6 Å². The Morgan fingerprint density at radius 1 is 0.861 bits per heavy atom. The number of methoxy groups -OCH3 is 2. The number of ketones is 2. The molecule has 0 aliphatic carbocycles. The molecule has 0 spiro atoms. The van der Waals surface area contributed by atoms with Crippen molar-refractivity contribution in [2.45, 2.75) is 156 Å². The number of hydrogen-bond donors (Lipinski definition) is 4. The largest absolute Gasteiger partial charge is 0.445 e. The number of hydrogen-bond acceptors (Lipinski definition) is 15. The van der Waals surface area contributed by atoms with E-state index in [1.54, 1.807) is 80.1 Å². The topological polar surface area (TPSA) is 241 Å². The summed E-state index contributed by atoms with van der Waals surface area (Å²) in [5.41, 5.74) is 1.91. The van der Waals surface area contributed by atoms with Crippen molar-refractivity contribution in [3.05, 3.63) is 71.8 Å². The molecule has 0 saturated carbocycles. The van der Waals surface area contributed by atoms with Crippen LogP contribution in [0.15, 0.2) is 60.7 Å². The van der Waals surface area contributed by atoms with Gasteiger partial charge in [0.15, 0.2) is 11.6 Å². The second-order valence-corrected chi connectivity index (χ2v) is 21.6. The first-order chi connectivity index (χ1) is 37.6. The number of carbonyl (C=O) groups is 7. The van der Waals surface area contributed by atoms with Gasteiger partial charge in [-0.05, 0) is 66.9 Å². The van der Waals surface area contributed by atoms with Crippen LogP contribution in [0.1, 0.15) is 118 Å². The SMILES string of the molecule is CCC(=O)CNc1cc(COC(=O)N(C)[C@H](C(=O)C[C@H](C(=O)N(C)[C@@H]([C@@H](C)CC)[C@@H](CC(=O)N2CCC[C@H]2[C@H](OC)[C@@H](C)C(=O)N[C@H](C)[C@@H](O)c2ccccc2)OC)C(C)C)C(C)C)ccc1NC(=O)OC1/C=C/COCOC1. The van der Waals surface area contributed by atoms with Gasteiger partial charge in [0.25, 0.3) is 0 Å². The van der Waals surface area contributed by atoms with Gasteiger partial charge in [-0.3, -0.25) is 29.3 Å². The van der Waals surface area contributed by atoms with Gasteiger partial charge in [-0.15, -0.1) is 0 Å². The van der Waals surface area contributed by atoms with Crippen molar-refractivity contribution in [1.29, 1.82) is 0 Å². The molecular formula is C59H90N6O14. The van der Waals surface area contributed by atoms with Gasteiger partial charge in [0.05, 0.1) is 86.0 Å². The third-order valence-corrected chi connectivity index (χ3v) is 15.3. The molecule has 2 aromatic rings. The summed E-state index contributed by atoms with van der Waals surface area (Å²) < 4.78 is 33.9. The number of aliphatic hydroxyl groups excluding tert-OH is 1. The van der Waals surface area contributed by atoms with Crippen LogP contribution in [0.25, 0.3) is 0 Å². The van der Waals surface area contributed by atoms with Gasteiger partial charge >= 0.3 is 12.2 Å². The van der Waals surface area contributed by atoms with E-state index in [0.29, 0.717) is 61.3 Å². The third kappa shape index (κ3) is 18.8. The minimum atomic E-state index is -0.954. The van der Waals surface area contributed by atoms with E-state index in [9.17, 15) is 38.7 Å². The maximum absolute atomic E-state index is 14.8. The molecule has 0 bridgehead atoms. The lowest BCUT2D eigenvalue weighted by Gasteiger charge is -2.41. The first kappa shape index (κ1) is 65.6. The zero-order valence-corrected chi connectivity index (χ0v) is 48.9. The summed E-state index contributed by atoms with van der Waals surface area (Å²) in [7, 11) is 6.23. The minimum absolute atomic E-state index is 0.0213. The molecule has 20 heteroatoms. The molecule has 79 heavy (non-hydrogen) atoms. The molecule has 1 unspecified atom stereocenters. The highest BCUT2D eigenvalue weighted by atomic mass is 16.7. The molecule has 2 heterocycles. The number of aliphatic hydroxyl groups is 1. The fourth-order valence-electron chi connectivity index (χ4n) is 10.5. The Hall–Kier alpha value is -5.93. The molecule has 5 amide bonds. The van der Waals surface area contributed by atoms with E-state index >= 15 is 0 Å². The Morgan fingerprint density at radius 3 is 2.20 bits per heavy atom. The average molecular weight is 1110 g/mol. The van der Waals surface area contributed by atoms with Crippen LogP contribution in [0, 0.1) is 29.6 Å².